The number of hydrogen-bond acceptors (Lipinski definition) is 3. The molecule has 0 radical (unpaired) electrons. The molecule has 0 bridgehead atoms. The molecule has 0 spiro atoms. The van der Waals surface area contributed by atoms with Gasteiger partial charge in [0.2, 0.25) is 0 Å². The van der Waals surface area contributed by atoms with E-state index in [1.807, 2.05) is 30.3 Å². The van der Waals surface area contributed by atoms with Gasteiger partial charge in [0.25, 0.3) is 0 Å². The number of carbonyl (C=O) groups is 1. The second kappa shape index (κ2) is 7.56. The van der Waals surface area contributed by atoms with Gasteiger partial charge >= 0.3 is 5.97 Å². The highest BCUT2D eigenvalue weighted by molar-refractivity contribution is 5.71. The van der Waals surface area contributed by atoms with Crippen LogP contribution < -0.4 is 10.5 Å². The fraction of sp³-hybridized carbons (Fsp3) is 0.235. The minimum absolute atomic E-state index is 0.0510. The molecule has 0 aliphatic rings. The molecule has 22 heavy (non-hydrogen) atoms. The summed E-state index contributed by atoms with van der Waals surface area (Å²) in [5.41, 5.74) is 6.87. The minimum Gasteiger partial charge on any atom is -0.492 e. The number of aliphatic carboxylic acids is 1. The van der Waals surface area contributed by atoms with E-state index in [1.165, 1.54) is 24.3 Å². The van der Waals surface area contributed by atoms with Crippen molar-refractivity contribution in [3.63, 3.8) is 0 Å². The van der Waals surface area contributed by atoms with Crippen LogP contribution in [-0.4, -0.2) is 23.7 Å². The number of nitrogens with two attached hydrogens (primary N) is 1. The Morgan fingerprint density at radius 3 is 2.36 bits per heavy atom. The monoisotopic (exact) mass is 303 g/mol. The highest BCUT2D eigenvalue weighted by Gasteiger charge is 2.26. The zero-order chi connectivity index (χ0) is 15.9. The van der Waals surface area contributed by atoms with Crippen molar-refractivity contribution in [2.45, 2.75) is 12.5 Å². The third kappa shape index (κ3) is 4.56. The van der Waals surface area contributed by atoms with Crippen molar-refractivity contribution in [1.29, 1.82) is 0 Å². The lowest BCUT2D eigenvalue weighted by atomic mass is 9.93. The van der Waals surface area contributed by atoms with Gasteiger partial charge in [-0.3, -0.25) is 4.79 Å². The second-order valence-corrected chi connectivity index (χ2v) is 5.06. The Bertz CT molecular complexity index is 601. The van der Waals surface area contributed by atoms with Gasteiger partial charge < -0.3 is 15.6 Å². The lowest BCUT2D eigenvalue weighted by Crippen LogP contribution is -2.41. The first-order valence-electron chi connectivity index (χ1n) is 6.97. The number of benzene rings is 2. The van der Waals surface area contributed by atoms with E-state index < -0.39 is 17.9 Å². The normalized spacial score (nSPS) is 13.4. The molecule has 4 nitrogen and oxygen atoms in total. The quantitative estimate of drug-likeness (QED) is 0.824. The van der Waals surface area contributed by atoms with Crippen LogP contribution in [0.25, 0.3) is 0 Å². The summed E-state index contributed by atoms with van der Waals surface area (Å²) in [6, 6.07) is 14.2. The summed E-state index contributed by atoms with van der Waals surface area (Å²) in [6.07, 6.45) is 0.337. The molecule has 0 amide bonds. The van der Waals surface area contributed by atoms with E-state index in [0.717, 1.165) is 5.56 Å². The Hall–Kier alpha value is -2.40. The molecule has 0 heterocycles. The molecular formula is C17H18FNO3. The van der Waals surface area contributed by atoms with Gasteiger partial charge in [0.1, 0.15) is 18.2 Å². The summed E-state index contributed by atoms with van der Waals surface area (Å²) in [5.74, 6) is -1.60. The van der Waals surface area contributed by atoms with Gasteiger partial charge in [0, 0.05) is 0 Å². The first-order valence-corrected chi connectivity index (χ1v) is 6.97. The van der Waals surface area contributed by atoms with Crippen molar-refractivity contribution in [3.8, 4) is 5.75 Å². The van der Waals surface area contributed by atoms with Crippen LogP contribution in [0.2, 0.25) is 0 Å². The van der Waals surface area contributed by atoms with Gasteiger partial charge in [-0.25, -0.2) is 4.39 Å². The van der Waals surface area contributed by atoms with E-state index in [2.05, 4.69) is 0 Å². The highest BCUT2D eigenvalue weighted by atomic mass is 19.1. The number of ether oxygens (including phenoxy) is 1. The van der Waals surface area contributed by atoms with Crippen LogP contribution >= 0.6 is 0 Å². The van der Waals surface area contributed by atoms with E-state index >= 15 is 0 Å². The lowest BCUT2D eigenvalue weighted by molar-refractivity contribution is -0.142. The summed E-state index contributed by atoms with van der Waals surface area (Å²) < 4.78 is 18.2. The molecular weight excluding hydrogens is 285 g/mol. The molecule has 2 atom stereocenters. The van der Waals surface area contributed by atoms with E-state index in [0.29, 0.717) is 12.2 Å². The molecule has 1 unspecified atom stereocenters. The van der Waals surface area contributed by atoms with Crippen LogP contribution in [0.5, 0.6) is 5.75 Å². The van der Waals surface area contributed by atoms with E-state index in [1.54, 1.807) is 0 Å². The summed E-state index contributed by atoms with van der Waals surface area (Å²) in [7, 11) is 0. The predicted molar refractivity (Wildman–Crippen MR) is 81.1 cm³/mol. The summed E-state index contributed by atoms with van der Waals surface area (Å²) in [6.45, 7) is 0.0510. The van der Waals surface area contributed by atoms with Crippen LogP contribution in [0.3, 0.4) is 0 Å². The molecule has 0 fully saturated rings. The molecule has 2 aromatic rings. The van der Waals surface area contributed by atoms with E-state index in [4.69, 9.17) is 10.5 Å². The molecule has 0 aliphatic heterocycles. The first kappa shape index (κ1) is 16.0. The van der Waals surface area contributed by atoms with Gasteiger partial charge in [-0.1, -0.05) is 30.3 Å². The van der Waals surface area contributed by atoms with Crippen LogP contribution in [0, 0.1) is 11.7 Å². The predicted octanol–water partition coefficient (Wildman–Crippen LogP) is 2.48. The van der Waals surface area contributed by atoms with Gasteiger partial charge in [0.15, 0.2) is 0 Å². The number of hydrogen-bond donors (Lipinski definition) is 2. The Morgan fingerprint density at radius 1 is 1.14 bits per heavy atom. The Kier molecular flexibility index (Phi) is 5.49. The molecule has 3 N–H and O–H groups in total. The molecule has 2 rings (SSSR count). The largest absolute Gasteiger partial charge is 0.492 e. The maximum Gasteiger partial charge on any atom is 0.308 e. The Balaban J connectivity index is 1.96. The molecule has 0 aromatic heterocycles. The smallest absolute Gasteiger partial charge is 0.308 e. The minimum atomic E-state index is -0.959. The summed E-state index contributed by atoms with van der Waals surface area (Å²) >= 11 is 0. The van der Waals surface area contributed by atoms with E-state index in [9.17, 15) is 14.3 Å². The van der Waals surface area contributed by atoms with Gasteiger partial charge in [-0.05, 0) is 36.2 Å². The number of carboxylic acid groups (broad SMARTS) is 1. The van der Waals surface area contributed by atoms with Crippen molar-refractivity contribution in [2.75, 3.05) is 6.61 Å². The first-order chi connectivity index (χ1) is 10.6. The summed E-state index contributed by atoms with van der Waals surface area (Å²) in [5, 5.41) is 9.35. The SMILES string of the molecule is NC(COc1ccc(F)cc1)[C@@H](Cc1ccccc1)C(=O)O. The fourth-order valence-electron chi connectivity index (χ4n) is 2.13. The van der Waals surface area contributed by atoms with Gasteiger partial charge in [-0.2, -0.15) is 0 Å². The standard InChI is InChI=1S/C17H18FNO3/c18-13-6-8-14(9-7-13)22-11-16(19)15(17(20)21)10-12-4-2-1-3-5-12/h1-9,15-16H,10-11,19H2,(H,20,21)/t15-,16?/m1/s1. The molecule has 0 saturated heterocycles. The summed E-state index contributed by atoms with van der Waals surface area (Å²) in [4.78, 5) is 11.4. The van der Waals surface area contributed by atoms with Gasteiger partial charge in [-0.15, -0.1) is 0 Å². The third-order valence-electron chi connectivity index (χ3n) is 3.39. The van der Waals surface area contributed by atoms with Crippen molar-refractivity contribution in [3.05, 3.63) is 66.0 Å². The molecule has 5 heteroatoms. The topological polar surface area (TPSA) is 72.5 Å². The van der Waals surface area contributed by atoms with Crippen LogP contribution in [0.15, 0.2) is 54.6 Å². The maximum atomic E-state index is 12.8. The van der Waals surface area contributed by atoms with Crippen LogP contribution in [0.1, 0.15) is 5.56 Å². The van der Waals surface area contributed by atoms with Crippen molar-refractivity contribution in [1.82, 2.24) is 0 Å². The van der Waals surface area contributed by atoms with Gasteiger partial charge in [0.05, 0.1) is 12.0 Å². The maximum absolute atomic E-state index is 12.8. The third-order valence-corrected chi connectivity index (χ3v) is 3.39. The lowest BCUT2D eigenvalue weighted by Gasteiger charge is -2.20. The average Bonchev–Trinajstić information content (AvgIpc) is 2.52. The van der Waals surface area contributed by atoms with Crippen molar-refractivity contribution in [2.24, 2.45) is 11.7 Å². The second-order valence-electron chi connectivity index (χ2n) is 5.06. The molecule has 0 aliphatic carbocycles. The van der Waals surface area contributed by atoms with Crippen LogP contribution in [-0.2, 0) is 11.2 Å². The molecule has 116 valence electrons. The van der Waals surface area contributed by atoms with E-state index in [-0.39, 0.29) is 12.4 Å². The van der Waals surface area contributed by atoms with Crippen molar-refractivity contribution < 1.29 is 19.0 Å². The number of halogens is 1. The zero-order valence-electron chi connectivity index (χ0n) is 12.0. The van der Waals surface area contributed by atoms with Crippen molar-refractivity contribution >= 4 is 5.97 Å². The zero-order valence-corrected chi connectivity index (χ0v) is 12.0. The molecule has 0 saturated carbocycles. The number of carboxylic acids is 1. The Morgan fingerprint density at radius 2 is 1.77 bits per heavy atom. The fourth-order valence-corrected chi connectivity index (χ4v) is 2.13. The highest BCUT2D eigenvalue weighted by Crippen LogP contribution is 2.15. The molecule has 2 aromatic carbocycles. The van der Waals surface area contributed by atoms with Crippen LogP contribution in [0.4, 0.5) is 4.39 Å². The Labute approximate surface area is 128 Å². The average molecular weight is 303 g/mol. The number of rotatable bonds is 7.